The Kier molecular flexibility index (Phi) is 5.14. The number of carbonyl (C=O) groups excluding carboxylic acids is 1. The van der Waals surface area contributed by atoms with Crippen molar-refractivity contribution in [3.05, 3.63) is 82.3 Å². The molecule has 4 aromatic rings. The molecule has 0 aliphatic carbocycles. The number of carbonyl (C=O) groups is 1. The van der Waals surface area contributed by atoms with Crippen molar-refractivity contribution in [2.75, 3.05) is 5.32 Å². The second kappa shape index (κ2) is 7.90. The number of para-hydroxylation sites is 1. The van der Waals surface area contributed by atoms with E-state index in [4.69, 9.17) is 0 Å². The molecule has 1 N–H and O–H groups in total. The van der Waals surface area contributed by atoms with E-state index >= 15 is 0 Å². The molecule has 30 heavy (non-hydrogen) atoms. The van der Waals surface area contributed by atoms with Gasteiger partial charge in [0.25, 0.3) is 5.56 Å². The molecule has 0 atom stereocenters. The van der Waals surface area contributed by atoms with Gasteiger partial charge in [-0.1, -0.05) is 29.8 Å². The summed E-state index contributed by atoms with van der Waals surface area (Å²) >= 11 is 0. The minimum Gasteiger partial charge on any atom is -0.324 e. The average molecular weight is 405 g/mol. The van der Waals surface area contributed by atoms with Crippen LogP contribution in [0.4, 0.5) is 10.1 Å². The van der Waals surface area contributed by atoms with Gasteiger partial charge in [0.05, 0.1) is 17.6 Å². The zero-order valence-electron chi connectivity index (χ0n) is 16.6. The molecule has 0 aliphatic heterocycles. The predicted octanol–water partition coefficient (Wildman–Crippen LogP) is 3.37. The third-order valence-electron chi connectivity index (χ3n) is 4.87. The highest BCUT2D eigenvalue weighted by Gasteiger charge is 2.15. The number of benzene rings is 2. The van der Waals surface area contributed by atoms with E-state index in [9.17, 15) is 14.0 Å². The lowest BCUT2D eigenvalue weighted by atomic mass is 10.2. The molecule has 152 valence electrons. The molecule has 0 bridgehead atoms. The van der Waals surface area contributed by atoms with Crippen molar-refractivity contribution >= 4 is 22.6 Å². The molecule has 0 unspecified atom stereocenters. The SMILES string of the molecule is Cc1ccc(-n2ncc3c(=O)n(CCC(=O)Nc4ccccc4F)c(C)nc32)cc1. The van der Waals surface area contributed by atoms with Crippen molar-refractivity contribution in [3.8, 4) is 5.69 Å². The van der Waals surface area contributed by atoms with E-state index in [0.29, 0.717) is 16.9 Å². The molecule has 1 amide bonds. The van der Waals surface area contributed by atoms with E-state index in [1.54, 1.807) is 23.7 Å². The lowest BCUT2D eigenvalue weighted by molar-refractivity contribution is -0.116. The Hall–Kier alpha value is -3.81. The number of hydrogen-bond acceptors (Lipinski definition) is 4. The first-order valence-electron chi connectivity index (χ1n) is 9.50. The maximum absolute atomic E-state index is 13.7. The summed E-state index contributed by atoms with van der Waals surface area (Å²) in [5.41, 5.74) is 2.24. The van der Waals surface area contributed by atoms with Gasteiger partial charge < -0.3 is 5.32 Å². The molecule has 0 aliphatic rings. The summed E-state index contributed by atoms with van der Waals surface area (Å²) in [5.74, 6) is -0.423. The summed E-state index contributed by atoms with van der Waals surface area (Å²) in [5, 5.41) is 7.21. The fraction of sp³-hybridized carbons (Fsp3) is 0.182. The van der Waals surface area contributed by atoms with Gasteiger partial charge in [0.1, 0.15) is 17.0 Å². The van der Waals surface area contributed by atoms with Crippen LogP contribution in [-0.4, -0.2) is 25.2 Å². The average Bonchev–Trinajstić information content (AvgIpc) is 3.14. The fourth-order valence-electron chi connectivity index (χ4n) is 3.23. The summed E-state index contributed by atoms with van der Waals surface area (Å²) in [6.45, 7) is 3.83. The number of amides is 1. The number of fused-ring (bicyclic) bond motifs is 1. The number of nitrogens with one attached hydrogen (secondary N) is 1. The predicted molar refractivity (Wildman–Crippen MR) is 112 cm³/mol. The van der Waals surface area contributed by atoms with Crippen LogP contribution in [0, 0.1) is 19.7 Å². The van der Waals surface area contributed by atoms with Gasteiger partial charge in [-0.15, -0.1) is 0 Å². The van der Waals surface area contributed by atoms with Crippen molar-refractivity contribution in [1.82, 2.24) is 19.3 Å². The number of halogens is 1. The first-order chi connectivity index (χ1) is 14.4. The quantitative estimate of drug-likeness (QED) is 0.552. The van der Waals surface area contributed by atoms with Gasteiger partial charge in [-0.3, -0.25) is 14.2 Å². The molecule has 0 spiro atoms. The maximum atomic E-state index is 13.7. The van der Waals surface area contributed by atoms with Crippen LogP contribution < -0.4 is 10.9 Å². The zero-order valence-corrected chi connectivity index (χ0v) is 16.6. The molecular weight excluding hydrogens is 385 g/mol. The summed E-state index contributed by atoms with van der Waals surface area (Å²) in [4.78, 5) is 29.7. The lowest BCUT2D eigenvalue weighted by Gasteiger charge is -2.11. The Morgan fingerprint density at radius 1 is 1.10 bits per heavy atom. The van der Waals surface area contributed by atoms with E-state index in [1.807, 2.05) is 31.2 Å². The van der Waals surface area contributed by atoms with Crippen LogP contribution in [0.5, 0.6) is 0 Å². The minimum absolute atomic E-state index is 0.00830. The Bertz CT molecular complexity index is 1290. The van der Waals surface area contributed by atoms with Crippen LogP contribution in [0.25, 0.3) is 16.7 Å². The molecule has 7 nitrogen and oxygen atoms in total. The van der Waals surface area contributed by atoms with Crippen LogP contribution >= 0.6 is 0 Å². The molecule has 0 saturated heterocycles. The standard InChI is InChI=1S/C22H20FN5O2/c1-14-7-9-16(10-8-14)28-21-17(13-24-28)22(30)27(15(2)25-21)12-11-20(29)26-19-6-4-3-5-18(19)23/h3-10,13H,11-12H2,1-2H3,(H,26,29). The number of hydrogen-bond donors (Lipinski definition) is 1. The van der Waals surface area contributed by atoms with Crippen molar-refractivity contribution < 1.29 is 9.18 Å². The van der Waals surface area contributed by atoms with Crippen molar-refractivity contribution in [1.29, 1.82) is 0 Å². The van der Waals surface area contributed by atoms with Gasteiger partial charge in [-0.2, -0.15) is 5.10 Å². The Morgan fingerprint density at radius 3 is 2.57 bits per heavy atom. The Balaban J connectivity index is 1.58. The van der Waals surface area contributed by atoms with E-state index in [-0.39, 0.29) is 30.1 Å². The Labute approximate surface area is 171 Å². The molecule has 8 heteroatoms. The first-order valence-corrected chi connectivity index (χ1v) is 9.50. The van der Waals surface area contributed by atoms with Gasteiger partial charge in [0, 0.05) is 13.0 Å². The molecule has 0 radical (unpaired) electrons. The summed E-state index contributed by atoms with van der Waals surface area (Å²) in [6, 6.07) is 13.7. The monoisotopic (exact) mass is 405 g/mol. The van der Waals surface area contributed by atoms with Gasteiger partial charge in [0.2, 0.25) is 5.91 Å². The second-order valence-corrected chi connectivity index (χ2v) is 7.02. The smallest absolute Gasteiger partial charge is 0.264 e. The van der Waals surface area contributed by atoms with Crippen molar-refractivity contribution in [2.24, 2.45) is 0 Å². The largest absolute Gasteiger partial charge is 0.324 e. The molecule has 0 saturated carbocycles. The molecule has 2 aromatic carbocycles. The van der Waals surface area contributed by atoms with Crippen LogP contribution in [-0.2, 0) is 11.3 Å². The second-order valence-electron chi connectivity index (χ2n) is 7.02. The van der Waals surface area contributed by atoms with E-state index in [1.165, 1.54) is 22.9 Å². The highest BCUT2D eigenvalue weighted by molar-refractivity contribution is 5.90. The normalized spacial score (nSPS) is 11.0. The van der Waals surface area contributed by atoms with Crippen LogP contribution in [0.15, 0.2) is 59.5 Å². The van der Waals surface area contributed by atoms with E-state index in [2.05, 4.69) is 15.4 Å². The Morgan fingerprint density at radius 2 is 1.83 bits per heavy atom. The van der Waals surface area contributed by atoms with Gasteiger partial charge in [-0.05, 0) is 38.1 Å². The zero-order chi connectivity index (χ0) is 21.3. The number of anilines is 1. The minimum atomic E-state index is -0.509. The number of nitrogens with zero attached hydrogens (tertiary/aromatic N) is 4. The van der Waals surface area contributed by atoms with Gasteiger partial charge >= 0.3 is 0 Å². The molecule has 4 rings (SSSR count). The fourth-order valence-corrected chi connectivity index (χ4v) is 3.23. The summed E-state index contributed by atoms with van der Waals surface area (Å²) in [7, 11) is 0. The number of aromatic nitrogens is 4. The van der Waals surface area contributed by atoms with Crippen LogP contribution in [0.1, 0.15) is 17.8 Å². The molecule has 2 aromatic heterocycles. The first kappa shape index (κ1) is 19.5. The molecule has 2 heterocycles. The van der Waals surface area contributed by atoms with E-state index in [0.717, 1.165) is 11.3 Å². The maximum Gasteiger partial charge on any atom is 0.264 e. The van der Waals surface area contributed by atoms with Crippen molar-refractivity contribution in [3.63, 3.8) is 0 Å². The third kappa shape index (κ3) is 3.71. The highest BCUT2D eigenvalue weighted by Crippen LogP contribution is 2.16. The number of rotatable bonds is 5. The summed E-state index contributed by atoms with van der Waals surface area (Å²) < 4.78 is 16.7. The van der Waals surface area contributed by atoms with E-state index < -0.39 is 5.82 Å². The number of aryl methyl sites for hydroxylation is 2. The van der Waals surface area contributed by atoms with Crippen LogP contribution in [0.3, 0.4) is 0 Å². The van der Waals surface area contributed by atoms with Crippen molar-refractivity contribution in [2.45, 2.75) is 26.8 Å². The third-order valence-corrected chi connectivity index (χ3v) is 4.87. The molecule has 0 fully saturated rings. The lowest BCUT2D eigenvalue weighted by Crippen LogP contribution is -2.26. The highest BCUT2D eigenvalue weighted by atomic mass is 19.1. The topological polar surface area (TPSA) is 81.8 Å². The van der Waals surface area contributed by atoms with Crippen LogP contribution in [0.2, 0.25) is 0 Å². The molecular formula is C22H20FN5O2. The summed E-state index contributed by atoms with van der Waals surface area (Å²) in [6.07, 6.45) is 1.49. The van der Waals surface area contributed by atoms with Gasteiger partial charge in [0.15, 0.2) is 5.65 Å². The van der Waals surface area contributed by atoms with Gasteiger partial charge in [-0.25, -0.2) is 14.1 Å².